The van der Waals surface area contributed by atoms with E-state index in [2.05, 4.69) is 15.1 Å². The first-order valence-electron chi connectivity index (χ1n) is 11.0. The summed E-state index contributed by atoms with van der Waals surface area (Å²) in [6.07, 6.45) is 3.70. The fourth-order valence-electron chi connectivity index (χ4n) is 6.07. The Morgan fingerprint density at radius 1 is 1.17 bits per heavy atom. The lowest BCUT2D eigenvalue weighted by Crippen LogP contribution is -2.57. The number of aliphatic hydroxyl groups excluding tert-OH is 1. The minimum absolute atomic E-state index is 0.0250. The predicted octanol–water partition coefficient (Wildman–Crippen LogP) is 0.845. The van der Waals surface area contributed by atoms with Crippen LogP contribution in [0.2, 0.25) is 0 Å². The number of benzene rings is 1. The first kappa shape index (κ1) is 19.0. The summed E-state index contributed by atoms with van der Waals surface area (Å²) in [4.78, 5) is 33.7. The van der Waals surface area contributed by atoms with Gasteiger partial charge >= 0.3 is 0 Å². The van der Waals surface area contributed by atoms with E-state index in [1.54, 1.807) is 0 Å². The van der Waals surface area contributed by atoms with Gasteiger partial charge in [0.05, 0.1) is 5.92 Å². The van der Waals surface area contributed by atoms with E-state index < -0.39 is 5.54 Å². The maximum Gasteiger partial charge on any atom is 0.250 e. The largest absolute Gasteiger partial charge is 0.396 e. The number of aliphatic hydroxyl groups is 1. The summed E-state index contributed by atoms with van der Waals surface area (Å²) < 4.78 is 0. The van der Waals surface area contributed by atoms with Gasteiger partial charge in [-0.2, -0.15) is 0 Å². The Hall–Kier alpha value is -1.96. The number of fused-ring (bicyclic) bond motifs is 4. The summed E-state index contributed by atoms with van der Waals surface area (Å²) in [5, 5.41) is 12.1. The number of nitrogens with one attached hydrogen (secondary N) is 1. The number of carbonyl (C=O) groups is 2. The summed E-state index contributed by atoms with van der Waals surface area (Å²) in [7, 11) is 0. The molecule has 4 aliphatic heterocycles. The van der Waals surface area contributed by atoms with E-state index >= 15 is 0 Å². The van der Waals surface area contributed by atoms with Gasteiger partial charge in [0.15, 0.2) is 0 Å². The van der Waals surface area contributed by atoms with Gasteiger partial charge < -0.3 is 15.3 Å². The van der Waals surface area contributed by atoms with E-state index in [1.165, 1.54) is 0 Å². The van der Waals surface area contributed by atoms with E-state index in [4.69, 9.17) is 5.11 Å². The van der Waals surface area contributed by atoms with Crippen LogP contribution >= 0.6 is 0 Å². The Labute approximate surface area is 171 Å². The van der Waals surface area contributed by atoms with Gasteiger partial charge in [-0.15, -0.1) is 0 Å². The first-order valence-corrected chi connectivity index (χ1v) is 11.0. The van der Waals surface area contributed by atoms with Crippen LogP contribution in [-0.2, 0) is 15.1 Å². The quantitative estimate of drug-likeness (QED) is 0.786. The van der Waals surface area contributed by atoms with Gasteiger partial charge in [0.1, 0.15) is 5.54 Å². The van der Waals surface area contributed by atoms with E-state index in [0.29, 0.717) is 19.1 Å². The molecule has 0 radical (unpaired) electrons. The van der Waals surface area contributed by atoms with Crippen molar-refractivity contribution in [3.63, 3.8) is 0 Å². The van der Waals surface area contributed by atoms with Crippen molar-refractivity contribution in [1.29, 1.82) is 0 Å². The van der Waals surface area contributed by atoms with Crippen LogP contribution < -0.4 is 5.32 Å². The van der Waals surface area contributed by atoms with Gasteiger partial charge in [-0.3, -0.25) is 19.4 Å². The molecule has 0 unspecified atom stereocenters. The molecule has 2 N–H and O–H groups in total. The lowest BCUT2D eigenvalue weighted by Gasteiger charge is -2.40. The lowest BCUT2D eigenvalue weighted by molar-refractivity contribution is -0.145. The summed E-state index contributed by atoms with van der Waals surface area (Å²) in [5.41, 5.74) is 0.995. The smallest absolute Gasteiger partial charge is 0.250 e. The van der Waals surface area contributed by atoms with Crippen molar-refractivity contribution >= 4 is 17.5 Å². The number of piperazine rings is 1. The third kappa shape index (κ3) is 2.82. The van der Waals surface area contributed by atoms with Crippen LogP contribution in [0, 0.1) is 5.92 Å². The molecule has 29 heavy (non-hydrogen) atoms. The van der Waals surface area contributed by atoms with Crippen molar-refractivity contribution in [2.75, 3.05) is 51.2 Å². The van der Waals surface area contributed by atoms with Crippen molar-refractivity contribution in [3.05, 3.63) is 29.8 Å². The lowest BCUT2D eigenvalue weighted by atomic mass is 9.78. The van der Waals surface area contributed by atoms with Gasteiger partial charge in [0, 0.05) is 56.6 Å². The average molecular weight is 399 g/mol. The minimum atomic E-state index is -0.844. The number of hydrogen-bond acceptors (Lipinski definition) is 5. The molecule has 156 valence electrons. The van der Waals surface area contributed by atoms with Crippen molar-refractivity contribution < 1.29 is 14.7 Å². The highest BCUT2D eigenvalue weighted by Crippen LogP contribution is 2.55. The standard InChI is InChI=1S/C22H30N4O3/c27-14-4-8-24-10-12-25(13-11-24)20(28)18-15-16-5-3-9-26(16)22(18)17-6-1-2-7-19(17)23-21(22)29/h1-2,6-7,16,18,27H,3-5,8-15H2,(H,23,29)/t16-,18-,22+/m1/s1. The molecule has 2 amide bonds. The number of carbonyl (C=O) groups excluding carboxylic acids is 2. The molecular formula is C22H30N4O3. The molecule has 0 aliphatic carbocycles. The maximum atomic E-state index is 13.7. The highest BCUT2D eigenvalue weighted by Gasteiger charge is 2.65. The van der Waals surface area contributed by atoms with Crippen LogP contribution in [-0.4, -0.2) is 83.5 Å². The Morgan fingerprint density at radius 2 is 1.97 bits per heavy atom. The molecule has 3 atom stereocenters. The van der Waals surface area contributed by atoms with Crippen LogP contribution in [0.15, 0.2) is 24.3 Å². The van der Waals surface area contributed by atoms with E-state index in [0.717, 1.165) is 63.1 Å². The number of rotatable bonds is 4. The fourth-order valence-corrected chi connectivity index (χ4v) is 6.07. The van der Waals surface area contributed by atoms with Crippen molar-refractivity contribution in [1.82, 2.24) is 14.7 Å². The van der Waals surface area contributed by atoms with Crippen molar-refractivity contribution in [2.24, 2.45) is 5.92 Å². The number of nitrogens with zero attached hydrogens (tertiary/aromatic N) is 3. The maximum absolute atomic E-state index is 13.7. The molecule has 7 heteroatoms. The molecule has 3 fully saturated rings. The zero-order chi connectivity index (χ0) is 20.0. The molecule has 7 nitrogen and oxygen atoms in total. The third-order valence-corrected chi connectivity index (χ3v) is 7.39. The molecule has 0 bridgehead atoms. The van der Waals surface area contributed by atoms with Gasteiger partial charge in [0.25, 0.3) is 0 Å². The van der Waals surface area contributed by atoms with Crippen molar-refractivity contribution in [2.45, 2.75) is 37.3 Å². The molecule has 1 aromatic rings. The molecule has 1 spiro atoms. The summed E-state index contributed by atoms with van der Waals surface area (Å²) >= 11 is 0. The summed E-state index contributed by atoms with van der Waals surface area (Å²) in [6, 6.07) is 8.21. The second-order valence-corrected chi connectivity index (χ2v) is 8.79. The highest BCUT2D eigenvalue weighted by atomic mass is 16.3. The molecule has 0 aromatic heterocycles. The number of hydrogen-bond donors (Lipinski definition) is 2. The van der Waals surface area contributed by atoms with Crippen LogP contribution in [0.3, 0.4) is 0 Å². The summed E-state index contributed by atoms with van der Waals surface area (Å²) in [6.45, 7) is 5.02. The van der Waals surface area contributed by atoms with Gasteiger partial charge in [-0.25, -0.2) is 0 Å². The number of para-hydroxylation sites is 1. The zero-order valence-electron chi connectivity index (χ0n) is 16.8. The molecule has 5 rings (SSSR count). The van der Waals surface area contributed by atoms with Crippen molar-refractivity contribution in [3.8, 4) is 0 Å². The molecule has 1 aromatic carbocycles. The Kier molecular flexibility index (Phi) is 4.84. The van der Waals surface area contributed by atoms with Crippen LogP contribution in [0.25, 0.3) is 0 Å². The van der Waals surface area contributed by atoms with Gasteiger partial charge in [-0.1, -0.05) is 18.2 Å². The molecule has 4 aliphatic rings. The topological polar surface area (TPSA) is 76.1 Å². The Bertz CT molecular complexity index is 807. The van der Waals surface area contributed by atoms with E-state index in [-0.39, 0.29) is 24.3 Å². The fraction of sp³-hybridized carbons (Fsp3) is 0.636. The van der Waals surface area contributed by atoms with Gasteiger partial charge in [0.2, 0.25) is 11.8 Å². The monoisotopic (exact) mass is 398 g/mol. The van der Waals surface area contributed by atoms with E-state index in [9.17, 15) is 9.59 Å². The predicted molar refractivity (Wildman–Crippen MR) is 109 cm³/mol. The Morgan fingerprint density at radius 3 is 2.76 bits per heavy atom. The second kappa shape index (κ2) is 7.38. The Balaban J connectivity index is 1.43. The first-order chi connectivity index (χ1) is 14.2. The number of amides is 2. The zero-order valence-corrected chi connectivity index (χ0v) is 16.8. The third-order valence-electron chi connectivity index (χ3n) is 7.39. The second-order valence-electron chi connectivity index (χ2n) is 8.79. The normalized spacial score (nSPS) is 31.9. The van der Waals surface area contributed by atoms with Crippen LogP contribution in [0.1, 0.15) is 31.2 Å². The van der Waals surface area contributed by atoms with Gasteiger partial charge in [-0.05, 0) is 38.3 Å². The van der Waals surface area contributed by atoms with Crippen LogP contribution in [0.4, 0.5) is 5.69 Å². The number of anilines is 1. The van der Waals surface area contributed by atoms with Crippen LogP contribution in [0.5, 0.6) is 0 Å². The average Bonchev–Trinajstić information content (AvgIpc) is 3.41. The van der Waals surface area contributed by atoms with E-state index in [1.807, 2.05) is 29.2 Å². The molecule has 3 saturated heterocycles. The minimum Gasteiger partial charge on any atom is -0.396 e. The highest BCUT2D eigenvalue weighted by molar-refractivity contribution is 6.09. The molecule has 4 heterocycles. The molecular weight excluding hydrogens is 368 g/mol. The SMILES string of the molecule is O=C([C@H]1C[C@H]2CCCN2[C@]12C(=O)Nc1ccccc12)N1CCN(CCCO)CC1. The summed E-state index contributed by atoms with van der Waals surface area (Å²) in [5.74, 6) is -0.212. The molecule has 0 saturated carbocycles.